The van der Waals surface area contributed by atoms with Gasteiger partial charge in [0.25, 0.3) is 11.8 Å². The van der Waals surface area contributed by atoms with Crippen molar-refractivity contribution < 1.29 is 36.3 Å². The number of rotatable bonds is 10. The van der Waals surface area contributed by atoms with E-state index in [2.05, 4.69) is 15.6 Å². The largest absolute Gasteiger partial charge is 0.493 e. The highest BCUT2D eigenvalue weighted by Gasteiger charge is 2.22. The van der Waals surface area contributed by atoms with Crippen LogP contribution in [-0.2, 0) is 14.8 Å². The van der Waals surface area contributed by atoms with Gasteiger partial charge < -0.3 is 9.47 Å². The summed E-state index contributed by atoms with van der Waals surface area (Å²) in [7, 11) is -2.47. The van der Waals surface area contributed by atoms with Gasteiger partial charge in [-0.3, -0.25) is 20.4 Å². The lowest BCUT2D eigenvalue weighted by molar-refractivity contribution is -0.117. The highest BCUT2D eigenvalue weighted by Crippen LogP contribution is 2.29. The zero-order valence-electron chi connectivity index (χ0n) is 18.7. The van der Waals surface area contributed by atoms with Gasteiger partial charge in [0.15, 0.2) is 11.5 Å². The summed E-state index contributed by atoms with van der Waals surface area (Å²) in [6.07, 6.45) is 2.47. The number of amides is 2. The van der Waals surface area contributed by atoms with Crippen LogP contribution in [0.5, 0.6) is 11.5 Å². The van der Waals surface area contributed by atoms with Gasteiger partial charge >= 0.3 is 6.61 Å². The number of methoxy groups -OCH3 is 1. The number of halogens is 2. The summed E-state index contributed by atoms with van der Waals surface area (Å²) in [5.41, 5.74) is 4.87. The second-order valence-corrected chi connectivity index (χ2v) is 8.62. The van der Waals surface area contributed by atoms with E-state index in [-0.39, 0.29) is 35.0 Å². The zero-order chi connectivity index (χ0) is 25.3. The second kappa shape index (κ2) is 12.1. The van der Waals surface area contributed by atoms with E-state index >= 15 is 0 Å². The Kier molecular flexibility index (Phi) is 9.51. The van der Waals surface area contributed by atoms with Crippen molar-refractivity contribution in [2.24, 2.45) is 0 Å². The van der Waals surface area contributed by atoms with Crippen molar-refractivity contribution in [3.8, 4) is 11.5 Å². The zero-order valence-corrected chi connectivity index (χ0v) is 19.6. The summed E-state index contributed by atoms with van der Waals surface area (Å²) >= 11 is 0. The Hall–Kier alpha value is -3.51. The first kappa shape index (κ1) is 26.7. The first-order valence-electron chi connectivity index (χ1n) is 10.1. The number of hydrogen-bond acceptors (Lipinski definition) is 6. The number of nitrogens with one attached hydrogen (secondary N) is 2. The van der Waals surface area contributed by atoms with Crippen molar-refractivity contribution in [1.82, 2.24) is 15.2 Å². The molecule has 2 amide bonds. The highest BCUT2D eigenvalue weighted by molar-refractivity contribution is 7.89. The summed E-state index contributed by atoms with van der Waals surface area (Å²) in [5.74, 6) is -1.51. The Bertz CT molecular complexity index is 1150. The molecule has 2 aromatic carbocycles. The van der Waals surface area contributed by atoms with Crippen molar-refractivity contribution in [1.29, 1.82) is 0 Å². The molecule has 2 aromatic rings. The molecule has 12 heteroatoms. The summed E-state index contributed by atoms with van der Waals surface area (Å²) < 4.78 is 60.7. The van der Waals surface area contributed by atoms with Crippen molar-refractivity contribution in [2.75, 3.05) is 20.2 Å². The predicted octanol–water partition coefficient (Wildman–Crippen LogP) is 2.80. The van der Waals surface area contributed by atoms with Crippen LogP contribution in [0.3, 0.4) is 0 Å². The maximum absolute atomic E-state index is 12.6. The summed E-state index contributed by atoms with van der Waals surface area (Å²) in [6, 6.07) is 9.55. The van der Waals surface area contributed by atoms with Crippen LogP contribution in [0, 0.1) is 0 Å². The lowest BCUT2D eigenvalue weighted by atomic mass is 10.2. The summed E-state index contributed by atoms with van der Waals surface area (Å²) in [4.78, 5) is 24.4. The molecule has 0 aliphatic rings. The van der Waals surface area contributed by atoms with Gasteiger partial charge in [0, 0.05) is 24.7 Å². The van der Waals surface area contributed by atoms with Crippen molar-refractivity contribution in [3.63, 3.8) is 0 Å². The molecular weight excluding hydrogens is 472 g/mol. The maximum Gasteiger partial charge on any atom is 0.387 e. The van der Waals surface area contributed by atoms with Gasteiger partial charge in [0.1, 0.15) is 0 Å². The first-order valence-corrected chi connectivity index (χ1v) is 11.6. The number of benzene rings is 2. The van der Waals surface area contributed by atoms with Crippen LogP contribution in [0.4, 0.5) is 8.78 Å². The number of carbonyl (C=O) groups is 2. The van der Waals surface area contributed by atoms with Gasteiger partial charge in [0.05, 0.1) is 12.0 Å². The predicted molar refractivity (Wildman–Crippen MR) is 121 cm³/mol. The minimum absolute atomic E-state index is 0.0386. The topological polar surface area (TPSA) is 114 Å². The quantitative estimate of drug-likeness (QED) is 0.386. The van der Waals surface area contributed by atoms with Crippen LogP contribution < -0.4 is 20.3 Å². The van der Waals surface area contributed by atoms with E-state index in [9.17, 15) is 26.8 Å². The third-order valence-electron chi connectivity index (χ3n) is 4.57. The van der Waals surface area contributed by atoms with Crippen molar-refractivity contribution in [3.05, 3.63) is 59.7 Å². The van der Waals surface area contributed by atoms with E-state index in [4.69, 9.17) is 4.74 Å². The molecule has 0 saturated carbocycles. The Labute approximate surface area is 196 Å². The Morgan fingerprint density at radius 3 is 2.38 bits per heavy atom. The number of hydrogen-bond donors (Lipinski definition) is 2. The van der Waals surface area contributed by atoms with Crippen LogP contribution in [0.2, 0.25) is 0 Å². The van der Waals surface area contributed by atoms with E-state index in [0.717, 1.165) is 6.08 Å². The number of hydrazine groups is 1. The standard InChI is InChI=1S/C22H25F2N3O6S/c1-4-27(5-2)34(30,31)17-8-6-7-16(14-17)21(29)26-25-20(28)12-10-15-9-11-18(33-22(23)24)19(13-15)32-3/h6-14,22H,4-5H2,1-3H3,(H,25,28)(H,26,29). The van der Waals surface area contributed by atoms with Gasteiger partial charge in [-0.15, -0.1) is 0 Å². The molecule has 34 heavy (non-hydrogen) atoms. The number of ether oxygens (including phenoxy) is 2. The SMILES string of the molecule is CCN(CC)S(=O)(=O)c1cccc(C(=O)NNC(=O)C=Cc2ccc(OC(F)F)c(OC)c2)c1. The average molecular weight is 498 g/mol. The minimum Gasteiger partial charge on any atom is -0.493 e. The van der Waals surface area contributed by atoms with Crippen LogP contribution in [0.25, 0.3) is 6.08 Å². The molecule has 0 saturated heterocycles. The summed E-state index contributed by atoms with van der Waals surface area (Å²) in [6.45, 7) is 0.976. The molecule has 0 unspecified atom stereocenters. The molecule has 2 rings (SSSR count). The molecule has 0 bridgehead atoms. The fourth-order valence-corrected chi connectivity index (χ4v) is 4.40. The van der Waals surface area contributed by atoms with Gasteiger partial charge in [-0.2, -0.15) is 13.1 Å². The molecule has 0 fully saturated rings. The van der Waals surface area contributed by atoms with Crippen LogP contribution in [0.15, 0.2) is 53.4 Å². The lowest BCUT2D eigenvalue weighted by Gasteiger charge is -2.18. The average Bonchev–Trinajstić information content (AvgIpc) is 2.82. The monoisotopic (exact) mass is 497 g/mol. The van der Waals surface area contributed by atoms with E-state index < -0.39 is 28.4 Å². The Morgan fingerprint density at radius 1 is 1.06 bits per heavy atom. The van der Waals surface area contributed by atoms with E-state index in [1.807, 2.05) is 0 Å². The molecule has 9 nitrogen and oxygen atoms in total. The van der Waals surface area contributed by atoms with Crippen LogP contribution in [0.1, 0.15) is 29.8 Å². The van der Waals surface area contributed by atoms with E-state index in [1.54, 1.807) is 13.8 Å². The van der Waals surface area contributed by atoms with Gasteiger partial charge in [-0.1, -0.05) is 26.0 Å². The molecule has 0 aliphatic carbocycles. The Morgan fingerprint density at radius 2 is 1.76 bits per heavy atom. The van der Waals surface area contributed by atoms with E-state index in [1.165, 1.54) is 60.0 Å². The Balaban J connectivity index is 2.03. The molecule has 0 heterocycles. The molecule has 0 aliphatic heterocycles. The number of sulfonamides is 1. The molecular formula is C22H25F2N3O6S. The fourth-order valence-electron chi connectivity index (χ4n) is 2.90. The first-order chi connectivity index (χ1) is 16.1. The lowest BCUT2D eigenvalue weighted by Crippen LogP contribution is -2.40. The maximum atomic E-state index is 12.6. The van der Waals surface area contributed by atoms with Crippen molar-refractivity contribution >= 4 is 27.9 Å². The molecule has 184 valence electrons. The van der Waals surface area contributed by atoms with Gasteiger partial charge in [-0.05, 0) is 42.0 Å². The highest BCUT2D eigenvalue weighted by atomic mass is 32.2. The molecule has 2 N–H and O–H groups in total. The fraction of sp³-hybridized carbons (Fsp3) is 0.273. The molecule has 0 aromatic heterocycles. The molecule has 0 radical (unpaired) electrons. The second-order valence-electron chi connectivity index (χ2n) is 6.68. The third kappa shape index (κ3) is 6.99. The van der Waals surface area contributed by atoms with Crippen LogP contribution in [-0.4, -0.2) is 51.3 Å². The van der Waals surface area contributed by atoms with Crippen molar-refractivity contribution in [2.45, 2.75) is 25.4 Å². The number of alkyl halides is 2. The molecule has 0 atom stereocenters. The van der Waals surface area contributed by atoms with Gasteiger partial charge in [-0.25, -0.2) is 8.42 Å². The third-order valence-corrected chi connectivity index (χ3v) is 6.62. The number of nitrogens with zero attached hydrogens (tertiary/aromatic N) is 1. The van der Waals surface area contributed by atoms with E-state index in [0.29, 0.717) is 5.56 Å². The smallest absolute Gasteiger partial charge is 0.387 e. The minimum atomic E-state index is -3.75. The van der Waals surface area contributed by atoms with Gasteiger partial charge in [0.2, 0.25) is 10.0 Å². The number of carbonyl (C=O) groups excluding carboxylic acids is 2. The normalized spacial score (nSPS) is 11.6. The van der Waals surface area contributed by atoms with Crippen LogP contribution >= 0.6 is 0 Å². The summed E-state index contributed by atoms with van der Waals surface area (Å²) in [5, 5.41) is 0. The molecule has 0 spiro atoms.